The maximum atomic E-state index is 14.8. The number of para-hydroxylation sites is 1. The molecule has 3 atom stereocenters. The number of methoxy groups -OCH3 is 1. The summed E-state index contributed by atoms with van der Waals surface area (Å²) in [7, 11) is 1.55. The summed E-state index contributed by atoms with van der Waals surface area (Å²) in [5.74, 6) is -1.36. The maximum absolute atomic E-state index is 14.8. The summed E-state index contributed by atoms with van der Waals surface area (Å²) in [4.78, 5) is 63.5. The Hall–Kier alpha value is -7.05. The molecule has 2 amide bonds. The van der Waals surface area contributed by atoms with Gasteiger partial charge in [-0.25, -0.2) is 9.78 Å². The van der Waals surface area contributed by atoms with Crippen LogP contribution < -0.4 is 19.7 Å². The number of rotatable bonds is 15. The van der Waals surface area contributed by atoms with E-state index in [4.69, 9.17) is 18.9 Å². The van der Waals surface area contributed by atoms with Crippen LogP contribution in [0.5, 0.6) is 11.5 Å². The zero-order valence-electron chi connectivity index (χ0n) is 33.3. The Bertz CT molecular complexity index is 2470. The van der Waals surface area contributed by atoms with Crippen molar-refractivity contribution in [2.24, 2.45) is 0 Å². The number of anilines is 1. The summed E-state index contributed by atoms with van der Waals surface area (Å²) >= 11 is 0. The highest BCUT2D eigenvalue weighted by molar-refractivity contribution is 6.01. The Balaban J connectivity index is 1.38. The molecule has 306 valence electrons. The van der Waals surface area contributed by atoms with Crippen molar-refractivity contribution in [3.63, 3.8) is 0 Å². The Morgan fingerprint density at radius 2 is 1.55 bits per heavy atom. The quantitative estimate of drug-likeness (QED) is 0.0800. The lowest BCUT2D eigenvalue weighted by Gasteiger charge is -2.45. The highest BCUT2D eigenvalue weighted by Crippen LogP contribution is 2.43. The summed E-state index contributed by atoms with van der Waals surface area (Å²) in [6.45, 7) is 1.84. The Labute approximate surface area is 347 Å². The Kier molecular flexibility index (Phi) is 13.1. The van der Waals surface area contributed by atoms with E-state index in [0.717, 1.165) is 10.9 Å². The molecule has 60 heavy (non-hydrogen) atoms. The number of hydrogen-bond donors (Lipinski definition) is 2. The molecule has 12 heteroatoms. The molecule has 0 radical (unpaired) electrons. The van der Waals surface area contributed by atoms with Crippen LogP contribution in [0.3, 0.4) is 0 Å². The largest absolute Gasteiger partial charge is 0.497 e. The van der Waals surface area contributed by atoms with Gasteiger partial charge in [0, 0.05) is 29.7 Å². The van der Waals surface area contributed by atoms with E-state index < -0.39 is 41.9 Å². The zero-order chi connectivity index (χ0) is 42.0. The number of benzene rings is 5. The van der Waals surface area contributed by atoms with Gasteiger partial charge in [0.2, 0.25) is 5.91 Å². The van der Waals surface area contributed by atoms with Crippen LogP contribution in [0, 0.1) is 0 Å². The first-order chi connectivity index (χ1) is 29.3. The molecular formula is C48H45N3O9. The van der Waals surface area contributed by atoms with Crippen molar-refractivity contribution in [3.8, 4) is 22.6 Å². The highest BCUT2D eigenvalue weighted by Gasteiger charge is 2.48. The summed E-state index contributed by atoms with van der Waals surface area (Å²) in [5.41, 5.74) is 3.75. The molecular weight excluding hydrogens is 763 g/mol. The minimum atomic E-state index is -1.35. The van der Waals surface area contributed by atoms with E-state index in [0.29, 0.717) is 45.8 Å². The molecule has 2 N–H and O–H groups in total. The van der Waals surface area contributed by atoms with Crippen molar-refractivity contribution in [2.45, 2.75) is 44.4 Å². The molecule has 0 aliphatic carbocycles. The van der Waals surface area contributed by atoms with Crippen molar-refractivity contribution >= 4 is 40.3 Å². The number of amides is 2. The topological polar surface area (TPSA) is 154 Å². The van der Waals surface area contributed by atoms with E-state index in [1.54, 1.807) is 86.8 Å². The van der Waals surface area contributed by atoms with Gasteiger partial charge < -0.3 is 34.3 Å². The zero-order valence-corrected chi connectivity index (χ0v) is 33.3. The van der Waals surface area contributed by atoms with Crippen molar-refractivity contribution in [1.82, 2.24) is 10.3 Å². The molecule has 6 aromatic rings. The van der Waals surface area contributed by atoms with Gasteiger partial charge in [0.05, 0.1) is 56.3 Å². The molecule has 0 spiro atoms. The fraction of sp³-hybridized carbons (Fsp3) is 0.229. The van der Waals surface area contributed by atoms with Crippen molar-refractivity contribution in [3.05, 3.63) is 156 Å². The molecule has 2 heterocycles. The Morgan fingerprint density at radius 1 is 0.817 bits per heavy atom. The molecule has 0 saturated carbocycles. The standard InChI is InChI=1S/C48H45N3O9/c1-3-58-44(54)30-42-46(60-48(56)37-16-9-8-15-36(37)32-12-5-4-6-13-32)45(50-47(55)40-24-20-33-14-7-10-17-39(33)49-40)38-29-35(59-27-11-26-52)23-25-41(38)51(42)43(53)28-31-18-21-34(57-2)22-19-31/h4-10,12-25,29,42,45-46,52H,3,11,26-28,30H2,1-2H3,(H,50,55)/t42-,45-,46-/m0/s1. The van der Waals surface area contributed by atoms with Crippen LogP contribution in [0.25, 0.3) is 22.0 Å². The summed E-state index contributed by atoms with van der Waals surface area (Å²) < 4.78 is 23.3. The lowest BCUT2D eigenvalue weighted by atomic mass is 9.85. The minimum absolute atomic E-state index is 0.0686. The predicted octanol–water partition coefficient (Wildman–Crippen LogP) is 7.28. The van der Waals surface area contributed by atoms with Gasteiger partial charge in [-0.2, -0.15) is 0 Å². The van der Waals surface area contributed by atoms with Crippen LogP contribution >= 0.6 is 0 Å². The number of nitrogens with zero attached hydrogens (tertiary/aromatic N) is 2. The number of aliphatic hydroxyl groups is 1. The maximum Gasteiger partial charge on any atom is 0.339 e. The van der Waals surface area contributed by atoms with E-state index in [9.17, 15) is 24.3 Å². The molecule has 1 aromatic heterocycles. The number of pyridine rings is 1. The van der Waals surface area contributed by atoms with Gasteiger partial charge in [0.15, 0.2) is 0 Å². The molecule has 7 rings (SSSR count). The molecule has 0 saturated heterocycles. The first kappa shape index (κ1) is 41.1. The molecule has 1 aliphatic rings. The molecule has 0 unspecified atom stereocenters. The average molecular weight is 808 g/mol. The van der Waals surface area contributed by atoms with Gasteiger partial charge >= 0.3 is 11.9 Å². The number of ether oxygens (including phenoxy) is 4. The molecule has 0 bridgehead atoms. The Morgan fingerprint density at radius 3 is 2.32 bits per heavy atom. The number of carbonyl (C=O) groups is 4. The predicted molar refractivity (Wildman–Crippen MR) is 226 cm³/mol. The molecule has 1 aliphatic heterocycles. The van der Waals surface area contributed by atoms with Gasteiger partial charge in [-0.15, -0.1) is 0 Å². The van der Waals surface area contributed by atoms with Crippen LogP contribution in [0.4, 0.5) is 5.69 Å². The first-order valence-electron chi connectivity index (χ1n) is 19.8. The lowest BCUT2D eigenvalue weighted by Crippen LogP contribution is -2.58. The van der Waals surface area contributed by atoms with Crippen LogP contribution in [0.2, 0.25) is 0 Å². The number of aromatic nitrogens is 1. The minimum Gasteiger partial charge on any atom is -0.497 e. The fourth-order valence-electron chi connectivity index (χ4n) is 7.42. The summed E-state index contributed by atoms with van der Waals surface area (Å²) in [5, 5.41) is 13.4. The number of fused-ring (bicyclic) bond motifs is 2. The van der Waals surface area contributed by atoms with Crippen LogP contribution in [0.1, 0.15) is 57.8 Å². The third kappa shape index (κ3) is 9.29. The smallest absolute Gasteiger partial charge is 0.339 e. The monoisotopic (exact) mass is 807 g/mol. The van der Waals surface area contributed by atoms with E-state index in [2.05, 4.69) is 10.3 Å². The molecule has 12 nitrogen and oxygen atoms in total. The third-order valence-electron chi connectivity index (χ3n) is 10.3. The normalized spacial score (nSPS) is 15.7. The number of hydrogen-bond acceptors (Lipinski definition) is 10. The number of aliphatic hydroxyl groups excluding tert-OH is 1. The van der Waals surface area contributed by atoms with E-state index >= 15 is 0 Å². The summed E-state index contributed by atoms with van der Waals surface area (Å²) in [6, 6.07) is 36.9. The van der Waals surface area contributed by atoms with Gasteiger partial charge in [0.25, 0.3) is 5.91 Å². The highest BCUT2D eigenvalue weighted by atomic mass is 16.6. The third-order valence-corrected chi connectivity index (χ3v) is 10.3. The van der Waals surface area contributed by atoms with Gasteiger partial charge in [-0.3, -0.25) is 14.4 Å². The molecule has 0 fully saturated rings. The van der Waals surface area contributed by atoms with Crippen LogP contribution in [0.15, 0.2) is 133 Å². The SMILES string of the molecule is CCOC(=O)C[C@H]1[C@H](OC(=O)c2ccccc2-c2ccccc2)[C@@H](NC(=O)c2ccc3ccccc3n2)c2cc(OCCCO)ccc2N1C(=O)Cc1ccc(OC)cc1. The van der Waals surface area contributed by atoms with Crippen molar-refractivity contribution in [2.75, 3.05) is 31.8 Å². The second-order valence-corrected chi connectivity index (χ2v) is 14.1. The van der Waals surface area contributed by atoms with E-state index in [1.807, 2.05) is 60.7 Å². The number of nitrogens with one attached hydrogen (secondary N) is 1. The number of carbonyl (C=O) groups excluding carboxylic acids is 4. The fourth-order valence-corrected chi connectivity index (χ4v) is 7.42. The van der Waals surface area contributed by atoms with Gasteiger partial charge in [-0.1, -0.05) is 84.9 Å². The second-order valence-electron chi connectivity index (χ2n) is 14.1. The average Bonchev–Trinajstić information content (AvgIpc) is 3.28. The van der Waals surface area contributed by atoms with Crippen molar-refractivity contribution in [1.29, 1.82) is 0 Å². The van der Waals surface area contributed by atoms with E-state index in [-0.39, 0.29) is 43.9 Å². The number of esters is 2. The first-order valence-corrected chi connectivity index (χ1v) is 19.8. The molecule has 5 aromatic carbocycles. The van der Waals surface area contributed by atoms with Gasteiger partial charge in [-0.05, 0) is 72.1 Å². The van der Waals surface area contributed by atoms with E-state index in [1.165, 1.54) is 4.90 Å². The summed E-state index contributed by atoms with van der Waals surface area (Å²) in [6.07, 6.45) is -1.46. The second kappa shape index (κ2) is 19.1. The van der Waals surface area contributed by atoms with Gasteiger partial charge in [0.1, 0.15) is 23.3 Å². The van der Waals surface area contributed by atoms with Crippen molar-refractivity contribution < 1.29 is 43.2 Å². The van der Waals surface area contributed by atoms with Crippen LogP contribution in [-0.2, 0) is 25.5 Å². The lowest BCUT2D eigenvalue weighted by molar-refractivity contribution is -0.144. The van der Waals surface area contributed by atoms with Crippen LogP contribution in [-0.4, -0.2) is 72.9 Å².